The molecule has 0 unspecified atom stereocenters. The van der Waals surface area contributed by atoms with Gasteiger partial charge in [0.25, 0.3) is 0 Å². The molecule has 1 aromatic heterocycles. The van der Waals surface area contributed by atoms with Gasteiger partial charge in [-0.2, -0.15) is 5.10 Å². The van der Waals surface area contributed by atoms with Gasteiger partial charge in [0.1, 0.15) is 5.75 Å². The molecule has 0 aliphatic carbocycles. The zero-order valence-corrected chi connectivity index (χ0v) is 5.27. The number of hydrogen-bond donors (Lipinski definition) is 1. The molecule has 4 heteroatoms. The number of pyridine rings is 1. The maximum absolute atomic E-state index is 4.90. The summed E-state index contributed by atoms with van der Waals surface area (Å²) < 4.78 is 4.90. The first-order chi connectivity index (χ1) is 4.93. The Labute approximate surface area is 58.3 Å². The fraction of sp³-hybridized carbons (Fsp3) is 0. The second kappa shape index (κ2) is 3.45. The summed E-state index contributed by atoms with van der Waals surface area (Å²) in [6.07, 6.45) is 4.41. The third kappa shape index (κ3) is 1.74. The van der Waals surface area contributed by atoms with Crippen LogP contribution < -0.4 is 10.6 Å². The van der Waals surface area contributed by atoms with Crippen LogP contribution in [-0.4, -0.2) is 11.4 Å². The summed E-state index contributed by atoms with van der Waals surface area (Å²) in [4.78, 5) is 3.80. The average Bonchev–Trinajstić information content (AvgIpc) is 2.03. The largest absolute Gasteiger partial charge is 0.444 e. The maximum Gasteiger partial charge on any atom is 0.198 e. The summed E-state index contributed by atoms with van der Waals surface area (Å²) in [5.41, 5.74) is 0. The van der Waals surface area contributed by atoms with Gasteiger partial charge in [0.05, 0.1) is 0 Å². The molecule has 2 N–H and O–H groups in total. The number of hydrazone groups is 1. The zero-order chi connectivity index (χ0) is 7.23. The van der Waals surface area contributed by atoms with Crippen molar-refractivity contribution in [1.82, 2.24) is 4.98 Å². The SMILES string of the molecule is NN=COc1ccncc1. The van der Waals surface area contributed by atoms with E-state index in [1.165, 1.54) is 0 Å². The number of hydrogen-bond acceptors (Lipinski definition) is 4. The highest BCUT2D eigenvalue weighted by Crippen LogP contribution is 2.04. The van der Waals surface area contributed by atoms with Gasteiger partial charge >= 0.3 is 0 Å². The maximum atomic E-state index is 4.90. The fourth-order valence-corrected chi connectivity index (χ4v) is 0.508. The van der Waals surface area contributed by atoms with Crippen LogP contribution in [0.5, 0.6) is 5.75 Å². The normalized spacial score (nSPS) is 10.0. The van der Waals surface area contributed by atoms with Gasteiger partial charge in [-0.1, -0.05) is 0 Å². The second-order valence-corrected chi connectivity index (χ2v) is 1.56. The van der Waals surface area contributed by atoms with Crippen molar-refractivity contribution >= 4 is 6.40 Å². The Hall–Kier alpha value is -1.58. The average molecular weight is 137 g/mol. The van der Waals surface area contributed by atoms with Crippen LogP contribution in [0.1, 0.15) is 0 Å². The molecule has 1 aromatic rings. The number of nitrogens with zero attached hydrogens (tertiary/aromatic N) is 2. The number of aromatic nitrogens is 1. The highest BCUT2D eigenvalue weighted by Gasteiger charge is 1.84. The van der Waals surface area contributed by atoms with Crippen molar-refractivity contribution in [2.75, 3.05) is 0 Å². The number of ether oxygens (including phenoxy) is 1. The first kappa shape index (κ1) is 6.54. The topological polar surface area (TPSA) is 60.5 Å². The molecular formula is C6H7N3O. The molecule has 0 saturated heterocycles. The van der Waals surface area contributed by atoms with Crippen molar-refractivity contribution in [3.05, 3.63) is 24.5 Å². The van der Waals surface area contributed by atoms with Gasteiger partial charge in [0.15, 0.2) is 6.40 Å². The van der Waals surface area contributed by atoms with Gasteiger partial charge in [0.2, 0.25) is 0 Å². The minimum Gasteiger partial charge on any atom is -0.444 e. The van der Waals surface area contributed by atoms with Gasteiger partial charge in [0, 0.05) is 12.4 Å². The van der Waals surface area contributed by atoms with Crippen LogP contribution in [0.3, 0.4) is 0 Å². The molecule has 0 radical (unpaired) electrons. The predicted molar refractivity (Wildman–Crippen MR) is 37.5 cm³/mol. The molecule has 52 valence electrons. The minimum absolute atomic E-state index is 0.671. The molecule has 0 spiro atoms. The lowest BCUT2D eigenvalue weighted by atomic mass is 10.5. The van der Waals surface area contributed by atoms with E-state index in [2.05, 4.69) is 10.1 Å². The van der Waals surface area contributed by atoms with E-state index < -0.39 is 0 Å². The van der Waals surface area contributed by atoms with Crippen LogP contribution in [0.4, 0.5) is 0 Å². The number of rotatable bonds is 2. The quantitative estimate of drug-likeness (QED) is 0.277. The van der Waals surface area contributed by atoms with Gasteiger partial charge in [-0.15, -0.1) is 0 Å². The van der Waals surface area contributed by atoms with Crippen molar-refractivity contribution in [2.45, 2.75) is 0 Å². The molecule has 4 nitrogen and oxygen atoms in total. The lowest BCUT2D eigenvalue weighted by Crippen LogP contribution is -1.92. The van der Waals surface area contributed by atoms with Gasteiger partial charge < -0.3 is 10.6 Å². The van der Waals surface area contributed by atoms with Crippen LogP contribution in [0.25, 0.3) is 0 Å². The lowest BCUT2D eigenvalue weighted by molar-refractivity contribution is 0.570. The first-order valence-corrected chi connectivity index (χ1v) is 2.72. The molecule has 1 rings (SSSR count). The molecule has 0 amide bonds. The van der Waals surface area contributed by atoms with Crippen LogP contribution in [0, 0.1) is 0 Å². The predicted octanol–water partition coefficient (Wildman–Crippen LogP) is 0.362. The van der Waals surface area contributed by atoms with E-state index in [-0.39, 0.29) is 0 Å². The molecule has 0 bridgehead atoms. The van der Waals surface area contributed by atoms with Crippen molar-refractivity contribution in [2.24, 2.45) is 10.9 Å². The first-order valence-electron chi connectivity index (χ1n) is 2.72. The van der Waals surface area contributed by atoms with Gasteiger partial charge in [-0.25, -0.2) is 0 Å². The van der Waals surface area contributed by atoms with E-state index in [0.717, 1.165) is 6.40 Å². The van der Waals surface area contributed by atoms with E-state index in [0.29, 0.717) is 5.75 Å². The Morgan fingerprint density at radius 3 is 2.80 bits per heavy atom. The second-order valence-electron chi connectivity index (χ2n) is 1.56. The third-order valence-electron chi connectivity index (χ3n) is 0.899. The highest BCUT2D eigenvalue weighted by atomic mass is 16.5. The number of nitrogens with two attached hydrogens (primary N) is 1. The Bertz CT molecular complexity index is 209. The standard InChI is InChI=1S/C6H7N3O/c7-9-5-10-6-1-3-8-4-2-6/h1-5H,7H2. The van der Waals surface area contributed by atoms with Crippen LogP contribution in [0.15, 0.2) is 29.6 Å². The van der Waals surface area contributed by atoms with Crippen LogP contribution in [0.2, 0.25) is 0 Å². The summed E-state index contributed by atoms with van der Waals surface area (Å²) >= 11 is 0. The Balaban J connectivity index is 2.59. The minimum atomic E-state index is 0.671. The van der Waals surface area contributed by atoms with Crippen molar-refractivity contribution in [1.29, 1.82) is 0 Å². The molecule has 0 saturated carbocycles. The summed E-state index contributed by atoms with van der Waals surface area (Å²) in [6.45, 7) is 0. The Kier molecular flexibility index (Phi) is 2.25. The van der Waals surface area contributed by atoms with E-state index in [1.54, 1.807) is 24.5 Å². The summed E-state index contributed by atoms with van der Waals surface area (Å²) in [5.74, 6) is 5.48. The van der Waals surface area contributed by atoms with Gasteiger partial charge in [-0.05, 0) is 12.1 Å². The van der Waals surface area contributed by atoms with Crippen LogP contribution in [-0.2, 0) is 0 Å². The molecule has 1 heterocycles. The van der Waals surface area contributed by atoms with Crippen molar-refractivity contribution < 1.29 is 4.74 Å². The molecular weight excluding hydrogens is 130 g/mol. The van der Waals surface area contributed by atoms with Crippen LogP contribution >= 0.6 is 0 Å². The van der Waals surface area contributed by atoms with Gasteiger partial charge in [-0.3, -0.25) is 4.98 Å². The van der Waals surface area contributed by atoms with Crippen molar-refractivity contribution in [3.8, 4) is 5.75 Å². The smallest absolute Gasteiger partial charge is 0.198 e. The molecule has 0 fully saturated rings. The van der Waals surface area contributed by atoms with Crippen molar-refractivity contribution in [3.63, 3.8) is 0 Å². The summed E-state index contributed by atoms with van der Waals surface area (Å²) in [6, 6.07) is 3.42. The van der Waals surface area contributed by atoms with E-state index in [4.69, 9.17) is 10.6 Å². The molecule has 0 aromatic carbocycles. The molecule has 0 aliphatic heterocycles. The molecule has 0 aliphatic rings. The van der Waals surface area contributed by atoms with E-state index >= 15 is 0 Å². The highest BCUT2D eigenvalue weighted by molar-refractivity contribution is 5.50. The Morgan fingerprint density at radius 1 is 1.50 bits per heavy atom. The summed E-state index contributed by atoms with van der Waals surface area (Å²) in [5, 5.41) is 3.16. The molecule has 10 heavy (non-hydrogen) atoms. The summed E-state index contributed by atoms with van der Waals surface area (Å²) in [7, 11) is 0. The third-order valence-corrected chi connectivity index (χ3v) is 0.899. The Morgan fingerprint density at radius 2 is 2.20 bits per heavy atom. The van der Waals surface area contributed by atoms with E-state index in [9.17, 15) is 0 Å². The monoisotopic (exact) mass is 137 g/mol. The molecule has 0 atom stereocenters. The zero-order valence-electron chi connectivity index (χ0n) is 5.27. The fourth-order valence-electron chi connectivity index (χ4n) is 0.508. The lowest BCUT2D eigenvalue weighted by Gasteiger charge is -1.94. The van der Waals surface area contributed by atoms with E-state index in [1.807, 2.05) is 0 Å².